The van der Waals surface area contributed by atoms with Gasteiger partial charge in [-0.15, -0.1) is 0 Å². The maximum Gasteiger partial charge on any atom is 0.321 e. The zero-order valence-electron chi connectivity index (χ0n) is 9.66. The summed E-state index contributed by atoms with van der Waals surface area (Å²) in [6, 6.07) is 4.05. The Morgan fingerprint density at radius 3 is 2.12 bits per heavy atom. The Morgan fingerprint density at radius 2 is 1.69 bits per heavy atom. The maximum absolute atomic E-state index is 11.5. The molecule has 1 atom stereocenters. The third-order valence-corrected chi connectivity index (χ3v) is 2.96. The first-order valence-electron chi connectivity index (χ1n) is 5.31. The van der Waals surface area contributed by atoms with E-state index in [2.05, 4.69) is 4.74 Å². The van der Waals surface area contributed by atoms with Gasteiger partial charge < -0.3 is 4.74 Å². The number of aryl methyl sites for hydroxylation is 3. The van der Waals surface area contributed by atoms with Crippen LogP contribution in [-0.2, 0) is 14.3 Å². The summed E-state index contributed by atoms with van der Waals surface area (Å²) >= 11 is 0. The van der Waals surface area contributed by atoms with Gasteiger partial charge in [-0.05, 0) is 37.5 Å². The summed E-state index contributed by atoms with van der Waals surface area (Å²) in [4.78, 5) is 22.6. The minimum atomic E-state index is -0.422. The summed E-state index contributed by atoms with van der Waals surface area (Å²) in [5, 5.41) is 0. The molecule has 0 aliphatic carbocycles. The number of ether oxygens (including phenoxy) is 1. The molecule has 1 aromatic carbocycles. The van der Waals surface area contributed by atoms with Crippen LogP contribution in [0.5, 0.6) is 0 Å². The van der Waals surface area contributed by atoms with Crippen LogP contribution >= 0.6 is 0 Å². The van der Waals surface area contributed by atoms with Crippen LogP contribution in [0.1, 0.15) is 34.6 Å². The van der Waals surface area contributed by atoms with E-state index in [4.69, 9.17) is 0 Å². The first-order chi connectivity index (χ1) is 7.49. The number of carbonyl (C=O) groups excluding carboxylic acids is 2. The van der Waals surface area contributed by atoms with E-state index in [1.165, 1.54) is 0 Å². The summed E-state index contributed by atoms with van der Waals surface area (Å²) in [5.74, 6) is -1.25. The van der Waals surface area contributed by atoms with E-state index in [9.17, 15) is 9.59 Å². The number of hydrogen-bond acceptors (Lipinski definition) is 3. The SMILES string of the molecule is Cc1cc(C)c(C2CC(=O)OC2=O)c(C)c1. The molecule has 16 heavy (non-hydrogen) atoms. The van der Waals surface area contributed by atoms with Gasteiger partial charge in [-0.3, -0.25) is 9.59 Å². The van der Waals surface area contributed by atoms with Crippen LogP contribution in [0.15, 0.2) is 12.1 Å². The Bertz CT molecular complexity index is 451. The van der Waals surface area contributed by atoms with Gasteiger partial charge in [0.25, 0.3) is 0 Å². The molecule has 84 valence electrons. The zero-order valence-corrected chi connectivity index (χ0v) is 9.66. The van der Waals surface area contributed by atoms with E-state index in [0.29, 0.717) is 0 Å². The molecule has 3 nitrogen and oxygen atoms in total. The van der Waals surface area contributed by atoms with Crippen molar-refractivity contribution in [3.8, 4) is 0 Å². The zero-order chi connectivity index (χ0) is 11.9. The average molecular weight is 218 g/mol. The highest BCUT2D eigenvalue weighted by Gasteiger charge is 2.36. The van der Waals surface area contributed by atoms with Gasteiger partial charge in [0.05, 0.1) is 12.3 Å². The third kappa shape index (κ3) is 1.73. The van der Waals surface area contributed by atoms with E-state index in [0.717, 1.165) is 22.3 Å². The fourth-order valence-electron chi connectivity index (χ4n) is 2.44. The van der Waals surface area contributed by atoms with Gasteiger partial charge in [-0.2, -0.15) is 0 Å². The summed E-state index contributed by atoms with van der Waals surface area (Å²) in [7, 11) is 0. The van der Waals surface area contributed by atoms with Gasteiger partial charge in [0.2, 0.25) is 0 Å². The second-order valence-corrected chi connectivity index (χ2v) is 4.36. The van der Waals surface area contributed by atoms with Gasteiger partial charge in [-0.1, -0.05) is 17.7 Å². The van der Waals surface area contributed by atoms with E-state index >= 15 is 0 Å². The van der Waals surface area contributed by atoms with E-state index in [-0.39, 0.29) is 6.42 Å². The highest BCUT2D eigenvalue weighted by molar-refractivity contribution is 5.98. The number of hydrogen-bond donors (Lipinski definition) is 0. The molecule has 0 amide bonds. The van der Waals surface area contributed by atoms with Gasteiger partial charge in [-0.25, -0.2) is 0 Å². The predicted molar refractivity (Wildman–Crippen MR) is 59.1 cm³/mol. The van der Waals surface area contributed by atoms with Crippen molar-refractivity contribution in [2.45, 2.75) is 33.1 Å². The quantitative estimate of drug-likeness (QED) is 0.536. The molecule has 2 rings (SSSR count). The van der Waals surface area contributed by atoms with Crippen LogP contribution in [0, 0.1) is 20.8 Å². The van der Waals surface area contributed by atoms with Crippen molar-refractivity contribution in [3.63, 3.8) is 0 Å². The molecular weight excluding hydrogens is 204 g/mol. The molecule has 1 aliphatic heterocycles. The van der Waals surface area contributed by atoms with Crippen molar-refractivity contribution in [2.75, 3.05) is 0 Å². The summed E-state index contributed by atoms with van der Waals surface area (Å²) in [6.45, 7) is 5.94. The van der Waals surface area contributed by atoms with Crippen LogP contribution in [0.3, 0.4) is 0 Å². The van der Waals surface area contributed by atoms with Crippen molar-refractivity contribution in [3.05, 3.63) is 34.4 Å². The van der Waals surface area contributed by atoms with Crippen molar-refractivity contribution >= 4 is 11.9 Å². The lowest BCUT2D eigenvalue weighted by molar-refractivity contribution is -0.152. The molecule has 0 spiro atoms. The number of esters is 2. The monoisotopic (exact) mass is 218 g/mol. The van der Waals surface area contributed by atoms with Crippen LogP contribution in [0.2, 0.25) is 0 Å². The molecule has 1 aliphatic rings. The molecular formula is C13H14O3. The average Bonchev–Trinajstić information content (AvgIpc) is 2.43. The lowest BCUT2D eigenvalue weighted by Gasteiger charge is -2.13. The Morgan fingerprint density at radius 1 is 1.12 bits per heavy atom. The molecule has 0 N–H and O–H groups in total. The van der Waals surface area contributed by atoms with Gasteiger partial charge in [0, 0.05) is 0 Å². The van der Waals surface area contributed by atoms with E-state index < -0.39 is 17.9 Å². The first-order valence-corrected chi connectivity index (χ1v) is 5.31. The molecule has 0 aromatic heterocycles. The summed E-state index contributed by atoms with van der Waals surface area (Å²) < 4.78 is 4.59. The van der Waals surface area contributed by atoms with Gasteiger partial charge >= 0.3 is 11.9 Å². The van der Waals surface area contributed by atoms with E-state index in [1.807, 2.05) is 32.9 Å². The summed E-state index contributed by atoms with van der Waals surface area (Å²) in [5.41, 5.74) is 4.21. The number of benzene rings is 1. The third-order valence-electron chi connectivity index (χ3n) is 2.96. The van der Waals surface area contributed by atoms with Crippen molar-refractivity contribution in [1.29, 1.82) is 0 Å². The topological polar surface area (TPSA) is 43.4 Å². The lowest BCUT2D eigenvalue weighted by Crippen LogP contribution is -2.09. The molecule has 1 aromatic rings. The molecule has 1 fully saturated rings. The van der Waals surface area contributed by atoms with Gasteiger partial charge in [0.15, 0.2) is 0 Å². The Kier molecular flexibility index (Phi) is 2.54. The Balaban J connectivity index is 2.48. The molecule has 1 saturated heterocycles. The molecule has 3 heteroatoms. The highest BCUT2D eigenvalue weighted by atomic mass is 16.6. The molecule has 0 radical (unpaired) electrons. The van der Waals surface area contributed by atoms with Crippen molar-refractivity contribution < 1.29 is 14.3 Å². The minimum absolute atomic E-state index is 0.170. The lowest BCUT2D eigenvalue weighted by atomic mass is 9.88. The number of carbonyl (C=O) groups is 2. The molecule has 1 unspecified atom stereocenters. The van der Waals surface area contributed by atoms with Crippen LogP contribution < -0.4 is 0 Å². The minimum Gasteiger partial charge on any atom is -0.393 e. The highest BCUT2D eigenvalue weighted by Crippen LogP contribution is 2.32. The standard InChI is InChI=1S/C13H14O3/c1-7-4-8(2)12(9(3)5-7)10-6-11(14)16-13(10)15/h4-5,10H,6H2,1-3H3. The maximum atomic E-state index is 11.5. The fourth-order valence-corrected chi connectivity index (χ4v) is 2.44. The molecule has 0 bridgehead atoms. The summed E-state index contributed by atoms with van der Waals surface area (Å²) in [6.07, 6.45) is 0.170. The van der Waals surface area contributed by atoms with E-state index in [1.54, 1.807) is 0 Å². The van der Waals surface area contributed by atoms with Crippen molar-refractivity contribution in [2.24, 2.45) is 0 Å². The van der Waals surface area contributed by atoms with Crippen LogP contribution in [0.25, 0.3) is 0 Å². The van der Waals surface area contributed by atoms with Crippen LogP contribution in [0.4, 0.5) is 0 Å². The smallest absolute Gasteiger partial charge is 0.321 e. The van der Waals surface area contributed by atoms with Gasteiger partial charge in [0.1, 0.15) is 0 Å². The molecule has 1 heterocycles. The molecule has 0 saturated carbocycles. The predicted octanol–water partition coefficient (Wildman–Crippen LogP) is 2.17. The number of rotatable bonds is 1. The Hall–Kier alpha value is -1.64. The first kappa shape index (κ1) is 10.9. The van der Waals surface area contributed by atoms with Crippen molar-refractivity contribution in [1.82, 2.24) is 0 Å². The second kappa shape index (κ2) is 3.74. The normalized spacial score (nSPS) is 20.1. The second-order valence-electron chi connectivity index (χ2n) is 4.36. The van der Waals surface area contributed by atoms with Crippen LogP contribution in [-0.4, -0.2) is 11.9 Å². The largest absolute Gasteiger partial charge is 0.393 e. The number of cyclic esters (lactones) is 2. The Labute approximate surface area is 94.4 Å². The fraction of sp³-hybridized carbons (Fsp3) is 0.385.